The second-order valence-electron chi connectivity index (χ2n) is 5.61. The van der Waals surface area contributed by atoms with E-state index in [1.54, 1.807) is 6.92 Å². The predicted molar refractivity (Wildman–Crippen MR) is 70.2 cm³/mol. The molecule has 1 aliphatic carbocycles. The van der Waals surface area contributed by atoms with Crippen molar-refractivity contribution in [1.82, 2.24) is 4.98 Å². The molecule has 0 aromatic carbocycles. The SMILES string of the molecule is CCOC(=O)c1coc(N2CCC3(CCCC3)C2)n1. The summed E-state index contributed by atoms with van der Waals surface area (Å²) in [4.78, 5) is 18.0. The molecule has 1 aliphatic heterocycles. The molecule has 1 saturated carbocycles. The van der Waals surface area contributed by atoms with Crippen LogP contribution in [0.4, 0.5) is 6.01 Å². The molecule has 1 spiro atoms. The van der Waals surface area contributed by atoms with Gasteiger partial charge in [-0.3, -0.25) is 0 Å². The van der Waals surface area contributed by atoms with Crippen molar-refractivity contribution in [3.8, 4) is 0 Å². The van der Waals surface area contributed by atoms with Crippen LogP contribution in [0, 0.1) is 5.41 Å². The summed E-state index contributed by atoms with van der Waals surface area (Å²) >= 11 is 0. The predicted octanol–water partition coefficient (Wildman–Crippen LogP) is 2.62. The van der Waals surface area contributed by atoms with E-state index >= 15 is 0 Å². The van der Waals surface area contributed by atoms with Crippen LogP contribution in [0.25, 0.3) is 0 Å². The van der Waals surface area contributed by atoms with Gasteiger partial charge in [0.05, 0.1) is 6.61 Å². The van der Waals surface area contributed by atoms with E-state index in [0.717, 1.165) is 13.1 Å². The van der Waals surface area contributed by atoms with Gasteiger partial charge in [0.25, 0.3) is 6.01 Å². The Morgan fingerprint density at radius 1 is 1.47 bits per heavy atom. The maximum absolute atomic E-state index is 11.6. The van der Waals surface area contributed by atoms with Crippen molar-refractivity contribution in [2.24, 2.45) is 5.41 Å². The number of esters is 1. The molecule has 2 heterocycles. The maximum atomic E-state index is 11.6. The van der Waals surface area contributed by atoms with E-state index < -0.39 is 5.97 Å². The number of nitrogens with zero attached hydrogens (tertiary/aromatic N) is 2. The number of aromatic nitrogens is 1. The Morgan fingerprint density at radius 3 is 3.00 bits per heavy atom. The topological polar surface area (TPSA) is 55.6 Å². The van der Waals surface area contributed by atoms with Crippen LogP contribution in [0.5, 0.6) is 0 Å². The van der Waals surface area contributed by atoms with Crippen molar-refractivity contribution in [3.63, 3.8) is 0 Å². The van der Waals surface area contributed by atoms with Gasteiger partial charge < -0.3 is 14.1 Å². The van der Waals surface area contributed by atoms with Gasteiger partial charge in [-0.25, -0.2) is 4.79 Å². The molecule has 1 saturated heterocycles. The van der Waals surface area contributed by atoms with Crippen molar-refractivity contribution >= 4 is 12.0 Å². The first-order chi connectivity index (χ1) is 9.22. The average Bonchev–Trinajstić information content (AvgIpc) is 3.12. The van der Waals surface area contributed by atoms with Crippen LogP contribution in [-0.2, 0) is 4.74 Å². The Kier molecular flexibility index (Phi) is 3.21. The van der Waals surface area contributed by atoms with Crippen molar-refractivity contribution in [2.45, 2.75) is 39.0 Å². The molecular weight excluding hydrogens is 244 g/mol. The lowest BCUT2D eigenvalue weighted by molar-refractivity contribution is 0.0519. The zero-order valence-corrected chi connectivity index (χ0v) is 11.4. The third-order valence-electron chi connectivity index (χ3n) is 4.35. The quantitative estimate of drug-likeness (QED) is 0.785. The summed E-state index contributed by atoms with van der Waals surface area (Å²) in [5.74, 6) is -0.410. The second kappa shape index (κ2) is 4.87. The van der Waals surface area contributed by atoms with Gasteiger partial charge in [-0.15, -0.1) is 0 Å². The normalized spacial score (nSPS) is 21.2. The third kappa shape index (κ3) is 2.33. The summed E-state index contributed by atoms with van der Waals surface area (Å²) in [7, 11) is 0. The Labute approximate surface area is 112 Å². The van der Waals surface area contributed by atoms with Crippen molar-refractivity contribution in [3.05, 3.63) is 12.0 Å². The van der Waals surface area contributed by atoms with Crippen LogP contribution in [0.1, 0.15) is 49.5 Å². The molecule has 104 valence electrons. The number of rotatable bonds is 3. The van der Waals surface area contributed by atoms with Crippen molar-refractivity contribution in [1.29, 1.82) is 0 Å². The smallest absolute Gasteiger partial charge is 0.360 e. The molecule has 0 N–H and O–H groups in total. The molecular formula is C14H20N2O3. The molecule has 0 atom stereocenters. The number of carbonyl (C=O) groups excluding carboxylic acids is 1. The Morgan fingerprint density at radius 2 is 2.26 bits per heavy atom. The van der Waals surface area contributed by atoms with E-state index in [4.69, 9.17) is 9.15 Å². The lowest BCUT2D eigenvalue weighted by Gasteiger charge is -2.22. The highest BCUT2D eigenvalue weighted by Gasteiger charge is 2.41. The van der Waals surface area contributed by atoms with E-state index in [2.05, 4.69) is 9.88 Å². The minimum atomic E-state index is -0.410. The van der Waals surface area contributed by atoms with Crippen LogP contribution in [-0.4, -0.2) is 30.6 Å². The molecule has 3 rings (SSSR count). The second-order valence-corrected chi connectivity index (χ2v) is 5.61. The molecule has 19 heavy (non-hydrogen) atoms. The van der Waals surface area contributed by atoms with Crippen molar-refractivity contribution in [2.75, 3.05) is 24.6 Å². The van der Waals surface area contributed by atoms with E-state index in [0.29, 0.717) is 18.0 Å². The van der Waals surface area contributed by atoms with E-state index in [9.17, 15) is 4.79 Å². The highest BCUT2D eigenvalue weighted by Crippen LogP contribution is 2.46. The standard InChI is InChI=1S/C14H20N2O3/c1-2-18-12(17)11-9-19-13(15-11)16-8-7-14(10-16)5-3-4-6-14/h9H,2-8,10H2,1H3. The van der Waals surface area contributed by atoms with Crippen LogP contribution in [0.3, 0.4) is 0 Å². The molecule has 1 aromatic rings. The summed E-state index contributed by atoms with van der Waals surface area (Å²) in [5.41, 5.74) is 0.739. The zero-order valence-electron chi connectivity index (χ0n) is 11.4. The molecule has 0 radical (unpaired) electrons. The van der Waals surface area contributed by atoms with E-state index in [1.165, 1.54) is 38.4 Å². The molecule has 5 heteroatoms. The fourth-order valence-electron chi connectivity index (χ4n) is 3.34. The number of oxazole rings is 1. The molecule has 0 unspecified atom stereocenters. The highest BCUT2D eigenvalue weighted by atomic mass is 16.5. The molecule has 2 aliphatic rings. The molecule has 1 aromatic heterocycles. The van der Waals surface area contributed by atoms with Gasteiger partial charge in [-0.2, -0.15) is 4.98 Å². The monoisotopic (exact) mass is 264 g/mol. The van der Waals surface area contributed by atoms with Crippen molar-refractivity contribution < 1.29 is 13.9 Å². The summed E-state index contributed by atoms with van der Waals surface area (Å²) in [6.45, 7) is 4.12. The number of hydrogen-bond acceptors (Lipinski definition) is 5. The summed E-state index contributed by atoms with van der Waals surface area (Å²) in [5, 5.41) is 0. The first-order valence-corrected chi connectivity index (χ1v) is 7.10. The number of ether oxygens (including phenoxy) is 1. The van der Waals surface area contributed by atoms with E-state index in [-0.39, 0.29) is 5.69 Å². The Hall–Kier alpha value is -1.52. The fourth-order valence-corrected chi connectivity index (χ4v) is 3.34. The Balaban J connectivity index is 1.68. The van der Waals surface area contributed by atoms with Gasteiger partial charge in [0.2, 0.25) is 0 Å². The largest absolute Gasteiger partial charge is 0.461 e. The maximum Gasteiger partial charge on any atom is 0.360 e. The first-order valence-electron chi connectivity index (χ1n) is 7.10. The highest BCUT2D eigenvalue weighted by molar-refractivity contribution is 5.87. The van der Waals surface area contributed by atoms with Crippen LogP contribution >= 0.6 is 0 Å². The van der Waals surface area contributed by atoms with Crippen LogP contribution in [0.15, 0.2) is 10.7 Å². The van der Waals surface area contributed by atoms with Crippen LogP contribution in [0.2, 0.25) is 0 Å². The van der Waals surface area contributed by atoms with Gasteiger partial charge >= 0.3 is 5.97 Å². The summed E-state index contributed by atoms with van der Waals surface area (Å²) in [6.07, 6.45) is 7.92. The number of hydrogen-bond donors (Lipinski definition) is 0. The molecule has 0 bridgehead atoms. The van der Waals surface area contributed by atoms with Gasteiger partial charge in [0, 0.05) is 13.1 Å². The van der Waals surface area contributed by atoms with E-state index in [1.807, 2.05) is 0 Å². The lowest BCUT2D eigenvalue weighted by Crippen LogP contribution is -2.25. The lowest BCUT2D eigenvalue weighted by atomic mass is 9.86. The first kappa shape index (κ1) is 12.5. The summed E-state index contributed by atoms with van der Waals surface area (Å²) in [6, 6.07) is 0.562. The van der Waals surface area contributed by atoms with Gasteiger partial charge in [-0.05, 0) is 31.6 Å². The average molecular weight is 264 g/mol. The zero-order chi connectivity index (χ0) is 13.3. The minimum absolute atomic E-state index is 0.268. The van der Waals surface area contributed by atoms with Gasteiger partial charge in [0.15, 0.2) is 5.69 Å². The van der Waals surface area contributed by atoms with Gasteiger partial charge in [-0.1, -0.05) is 12.8 Å². The Bertz CT molecular complexity index is 463. The van der Waals surface area contributed by atoms with Gasteiger partial charge in [0.1, 0.15) is 6.26 Å². The fraction of sp³-hybridized carbons (Fsp3) is 0.714. The molecule has 2 fully saturated rings. The minimum Gasteiger partial charge on any atom is -0.461 e. The number of carbonyl (C=O) groups is 1. The molecule has 5 nitrogen and oxygen atoms in total. The molecule has 0 amide bonds. The van der Waals surface area contributed by atoms with Crippen LogP contribution < -0.4 is 4.90 Å². The number of anilines is 1. The third-order valence-corrected chi connectivity index (χ3v) is 4.35. The summed E-state index contributed by atoms with van der Waals surface area (Å²) < 4.78 is 10.3.